The highest BCUT2D eigenvalue weighted by Crippen LogP contribution is 2.33. The first kappa shape index (κ1) is 14.6. The minimum Gasteiger partial charge on any atom is -0.465 e. The Morgan fingerprint density at radius 3 is 2.45 bits per heavy atom. The molecule has 0 radical (unpaired) electrons. The molecule has 0 aliphatic rings. The number of carbonyl (C=O) groups excluding carboxylic acids is 1. The van der Waals surface area contributed by atoms with Gasteiger partial charge in [-0.1, -0.05) is 50.1 Å². The molecular weight excluding hydrogens is 248 g/mol. The number of unbranched alkanes of at least 4 members (excludes halogenated alkanes) is 2. The fourth-order valence-corrected chi connectivity index (χ4v) is 2.65. The van der Waals surface area contributed by atoms with Gasteiger partial charge < -0.3 is 4.42 Å². The van der Waals surface area contributed by atoms with Crippen LogP contribution in [0, 0.1) is 6.92 Å². The molecule has 0 bridgehead atoms. The molecule has 0 atom stereocenters. The van der Waals surface area contributed by atoms with Gasteiger partial charge in [0.1, 0.15) is 11.5 Å². The SMILES string of the molecule is CCCCCc1oc(C)c(C(C)=O)c1-c1ccccc1. The van der Waals surface area contributed by atoms with Crippen LogP contribution in [0.3, 0.4) is 0 Å². The zero-order valence-electron chi connectivity index (χ0n) is 12.5. The van der Waals surface area contributed by atoms with Gasteiger partial charge in [0, 0.05) is 12.0 Å². The number of ketones is 1. The predicted octanol–water partition coefficient (Wildman–Crippen LogP) is 5.19. The van der Waals surface area contributed by atoms with Crippen molar-refractivity contribution in [2.75, 3.05) is 0 Å². The van der Waals surface area contributed by atoms with Crippen LogP contribution < -0.4 is 0 Å². The van der Waals surface area contributed by atoms with Gasteiger partial charge in [-0.15, -0.1) is 0 Å². The summed E-state index contributed by atoms with van der Waals surface area (Å²) >= 11 is 0. The number of aryl methyl sites for hydroxylation is 2. The first-order chi connectivity index (χ1) is 9.65. The molecule has 106 valence electrons. The molecule has 2 rings (SSSR count). The lowest BCUT2D eigenvalue weighted by Gasteiger charge is -2.05. The zero-order chi connectivity index (χ0) is 14.5. The van der Waals surface area contributed by atoms with Crippen molar-refractivity contribution in [3.63, 3.8) is 0 Å². The monoisotopic (exact) mass is 270 g/mol. The number of hydrogen-bond donors (Lipinski definition) is 0. The molecule has 0 unspecified atom stereocenters. The summed E-state index contributed by atoms with van der Waals surface area (Å²) in [5.41, 5.74) is 2.80. The summed E-state index contributed by atoms with van der Waals surface area (Å²) in [4.78, 5) is 11.9. The van der Waals surface area contributed by atoms with Crippen LogP contribution >= 0.6 is 0 Å². The van der Waals surface area contributed by atoms with Gasteiger partial charge in [-0.25, -0.2) is 0 Å². The molecule has 2 heteroatoms. The number of hydrogen-bond acceptors (Lipinski definition) is 2. The Morgan fingerprint density at radius 2 is 1.85 bits per heavy atom. The van der Waals surface area contributed by atoms with Crippen LogP contribution in [-0.2, 0) is 6.42 Å². The fraction of sp³-hybridized carbons (Fsp3) is 0.389. The Labute approximate surface area is 120 Å². The summed E-state index contributed by atoms with van der Waals surface area (Å²) in [6.07, 6.45) is 4.36. The van der Waals surface area contributed by atoms with E-state index < -0.39 is 0 Å². The molecule has 2 nitrogen and oxygen atoms in total. The maximum Gasteiger partial charge on any atom is 0.163 e. The van der Waals surface area contributed by atoms with Crippen molar-refractivity contribution >= 4 is 5.78 Å². The van der Waals surface area contributed by atoms with Gasteiger partial charge in [-0.2, -0.15) is 0 Å². The summed E-state index contributed by atoms with van der Waals surface area (Å²) in [6.45, 7) is 5.68. The second-order valence-electron chi connectivity index (χ2n) is 5.21. The molecule has 0 aliphatic heterocycles. The maximum absolute atomic E-state index is 11.9. The molecule has 1 aromatic carbocycles. The van der Waals surface area contributed by atoms with E-state index in [-0.39, 0.29) is 5.78 Å². The normalized spacial score (nSPS) is 10.8. The van der Waals surface area contributed by atoms with Crippen molar-refractivity contribution in [1.29, 1.82) is 0 Å². The highest BCUT2D eigenvalue weighted by Gasteiger charge is 2.21. The Balaban J connectivity index is 2.47. The van der Waals surface area contributed by atoms with Crippen LogP contribution in [0.4, 0.5) is 0 Å². The van der Waals surface area contributed by atoms with Crippen LogP contribution in [0.15, 0.2) is 34.7 Å². The number of Topliss-reactive ketones (excluding diaryl/α,β-unsaturated/α-hetero) is 1. The third-order valence-corrected chi connectivity index (χ3v) is 3.58. The van der Waals surface area contributed by atoms with Crippen molar-refractivity contribution in [2.24, 2.45) is 0 Å². The van der Waals surface area contributed by atoms with Crippen LogP contribution in [0.25, 0.3) is 11.1 Å². The maximum atomic E-state index is 11.9. The van der Waals surface area contributed by atoms with Gasteiger partial charge in [0.05, 0.1) is 5.56 Å². The standard InChI is InChI=1S/C18H22O2/c1-4-5-7-12-16-18(15-10-8-6-9-11-15)17(13(2)19)14(3)20-16/h6,8-11H,4-5,7,12H2,1-3H3. The molecule has 0 aliphatic carbocycles. The fourth-order valence-electron chi connectivity index (χ4n) is 2.65. The average molecular weight is 270 g/mol. The van der Waals surface area contributed by atoms with Gasteiger partial charge in [0.25, 0.3) is 0 Å². The molecule has 1 heterocycles. The van der Waals surface area contributed by atoms with Crippen molar-refractivity contribution in [1.82, 2.24) is 0 Å². The van der Waals surface area contributed by atoms with E-state index in [9.17, 15) is 4.79 Å². The molecule has 20 heavy (non-hydrogen) atoms. The molecule has 1 aromatic heterocycles. The highest BCUT2D eigenvalue weighted by molar-refractivity contribution is 6.02. The number of furan rings is 1. The van der Waals surface area contributed by atoms with Crippen molar-refractivity contribution in [3.8, 4) is 11.1 Å². The van der Waals surface area contributed by atoms with Gasteiger partial charge in [0.15, 0.2) is 5.78 Å². The molecule has 0 N–H and O–H groups in total. The highest BCUT2D eigenvalue weighted by atomic mass is 16.3. The van der Waals surface area contributed by atoms with Gasteiger partial charge in [-0.05, 0) is 25.8 Å². The first-order valence-corrected chi connectivity index (χ1v) is 7.33. The molecule has 0 amide bonds. The largest absolute Gasteiger partial charge is 0.465 e. The summed E-state index contributed by atoms with van der Waals surface area (Å²) in [5, 5.41) is 0. The van der Waals surface area contributed by atoms with Crippen LogP contribution in [0.2, 0.25) is 0 Å². The Hall–Kier alpha value is -1.83. The Bertz CT molecular complexity index is 579. The van der Waals surface area contributed by atoms with Crippen LogP contribution in [-0.4, -0.2) is 5.78 Å². The van der Waals surface area contributed by atoms with Crippen molar-refractivity contribution in [2.45, 2.75) is 46.5 Å². The summed E-state index contributed by atoms with van der Waals surface area (Å²) in [7, 11) is 0. The minimum absolute atomic E-state index is 0.0758. The van der Waals surface area contributed by atoms with E-state index in [1.54, 1.807) is 6.92 Å². The number of carbonyl (C=O) groups is 1. The summed E-state index contributed by atoms with van der Waals surface area (Å²) in [6, 6.07) is 10.1. The summed E-state index contributed by atoms with van der Waals surface area (Å²) in [5.74, 6) is 1.77. The van der Waals surface area contributed by atoms with Crippen molar-refractivity contribution in [3.05, 3.63) is 47.4 Å². The average Bonchev–Trinajstić information content (AvgIpc) is 2.77. The predicted molar refractivity (Wildman–Crippen MR) is 82.1 cm³/mol. The van der Waals surface area contributed by atoms with E-state index in [2.05, 4.69) is 6.92 Å². The van der Waals surface area contributed by atoms with E-state index in [1.165, 1.54) is 12.8 Å². The van der Waals surface area contributed by atoms with Crippen LogP contribution in [0.5, 0.6) is 0 Å². The molecule has 0 saturated heterocycles. The Kier molecular flexibility index (Phi) is 4.78. The third-order valence-electron chi connectivity index (χ3n) is 3.58. The number of rotatable bonds is 6. The molecule has 2 aromatic rings. The lowest BCUT2D eigenvalue weighted by atomic mass is 9.96. The molecular formula is C18H22O2. The summed E-state index contributed by atoms with van der Waals surface area (Å²) < 4.78 is 5.89. The number of benzene rings is 1. The first-order valence-electron chi connectivity index (χ1n) is 7.33. The lowest BCUT2D eigenvalue weighted by Crippen LogP contribution is -1.96. The molecule has 0 saturated carbocycles. The lowest BCUT2D eigenvalue weighted by molar-refractivity contribution is 0.101. The van der Waals surface area contributed by atoms with E-state index >= 15 is 0 Å². The van der Waals surface area contributed by atoms with Gasteiger partial charge >= 0.3 is 0 Å². The van der Waals surface area contributed by atoms with Gasteiger partial charge in [-0.3, -0.25) is 4.79 Å². The smallest absolute Gasteiger partial charge is 0.163 e. The second-order valence-corrected chi connectivity index (χ2v) is 5.21. The van der Waals surface area contributed by atoms with E-state index in [1.807, 2.05) is 37.3 Å². The topological polar surface area (TPSA) is 30.2 Å². The molecule has 0 spiro atoms. The van der Waals surface area contributed by atoms with Crippen molar-refractivity contribution < 1.29 is 9.21 Å². The Morgan fingerprint density at radius 1 is 1.15 bits per heavy atom. The van der Waals surface area contributed by atoms with E-state index in [0.29, 0.717) is 0 Å². The van der Waals surface area contributed by atoms with Crippen LogP contribution in [0.1, 0.15) is 55.0 Å². The third kappa shape index (κ3) is 3.01. The van der Waals surface area contributed by atoms with E-state index in [4.69, 9.17) is 4.42 Å². The van der Waals surface area contributed by atoms with E-state index in [0.717, 1.165) is 41.1 Å². The minimum atomic E-state index is 0.0758. The molecule has 0 fully saturated rings. The van der Waals surface area contributed by atoms with Gasteiger partial charge in [0.2, 0.25) is 0 Å². The quantitative estimate of drug-likeness (QED) is 0.534. The zero-order valence-corrected chi connectivity index (χ0v) is 12.5. The second kappa shape index (κ2) is 6.56.